The van der Waals surface area contributed by atoms with Crippen molar-refractivity contribution in [1.29, 1.82) is 0 Å². The van der Waals surface area contributed by atoms with E-state index in [9.17, 15) is 0 Å². The van der Waals surface area contributed by atoms with E-state index < -0.39 is 0 Å². The average Bonchev–Trinajstić information content (AvgIpc) is 2.97. The number of rotatable bonds is 2. The maximum atomic E-state index is 6.22. The SMILES string of the molecule is Clc1cc(Cl)c(C2C=C(c3cccs3)NN2)c(Cl)c1. The summed E-state index contributed by atoms with van der Waals surface area (Å²) in [6.45, 7) is 0. The first-order valence-electron chi connectivity index (χ1n) is 5.57. The molecule has 1 aliphatic rings. The van der Waals surface area contributed by atoms with Gasteiger partial charge in [0.25, 0.3) is 0 Å². The molecule has 1 unspecified atom stereocenters. The van der Waals surface area contributed by atoms with E-state index in [1.165, 1.54) is 0 Å². The molecule has 0 aliphatic carbocycles. The highest BCUT2D eigenvalue weighted by Gasteiger charge is 2.22. The van der Waals surface area contributed by atoms with Gasteiger partial charge in [-0.1, -0.05) is 40.9 Å². The number of halogens is 3. The molecule has 2 nitrogen and oxygen atoms in total. The smallest absolute Gasteiger partial charge is 0.0743 e. The molecule has 0 bridgehead atoms. The van der Waals surface area contributed by atoms with Crippen molar-refractivity contribution >= 4 is 51.8 Å². The van der Waals surface area contributed by atoms with Crippen molar-refractivity contribution in [2.24, 2.45) is 0 Å². The summed E-state index contributed by atoms with van der Waals surface area (Å²) in [5, 5.41) is 3.68. The zero-order valence-corrected chi connectivity index (χ0v) is 12.7. The van der Waals surface area contributed by atoms with E-state index in [0.29, 0.717) is 15.1 Å². The Balaban J connectivity index is 1.97. The van der Waals surface area contributed by atoms with Crippen molar-refractivity contribution in [1.82, 2.24) is 10.9 Å². The van der Waals surface area contributed by atoms with E-state index in [1.807, 2.05) is 11.4 Å². The van der Waals surface area contributed by atoms with Gasteiger partial charge in [-0.15, -0.1) is 11.3 Å². The first-order valence-corrected chi connectivity index (χ1v) is 7.58. The van der Waals surface area contributed by atoms with Gasteiger partial charge in [0.05, 0.1) is 16.6 Å². The highest BCUT2D eigenvalue weighted by Crippen LogP contribution is 2.36. The number of nitrogens with one attached hydrogen (secondary N) is 2. The second kappa shape index (κ2) is 5.35. The lowest BCUT2D eigenvalue weighted by Gasteiger charge is -2.13. The summed E-state index contributed by atoms with van der Waals surface area (Å²) in [5.74, 6) is 0. The number of hydrogen-bond acceptors (Lipinski definition) is 3. The highest BCUT2D eigenvalue weighted by atomic mass is 35.5. The van der Waals surface area contributed by atoms with E-state index in [0.717, 1.165) is 16.1 Å². The Morgan fingerprint density at radius 2 is 1.84 bits per heavy atom. The second-order valence-corrected chi connectivity index (χ2v) is 6.29. The summed E-state index contributed by atoms with van der Waals surface area (Å²) in [6.07, 6.45) is 2.06. The van der Waals surface area contributed by atoms with Crippen LogP contribution in [-0.4, -0.2) is 0 Å². The molecular formula is C13H9Cl3N2S. The van der Waals surface area contributed by atoms with Gasteiger partial charge in [0.1, 0.15) is 0 Å². The van der Waals surface area contributed by atoms with Gasteiger partial charge < -0.3 is 5.43 Å². The molecule has 0 saturated carbocycles. The Morgan fingerprint density at radius 3 is 2.47 bits per heavy atom. The number of thiophene rings is 1. The van der Waals surface area contributed by atoms with E-state index in [1.54, 1.807) is 23.5 Å². The Morgan fingerprint density at radius 1 is 1.11 bits per heavy atom. The molecule has 1 aromatic heterocycles. The molecule has 1 atom stereocenters. The van der Waals surface area contributed by atoms with Gasteiger partial charge in [-0.05, 0) is 29.7 Å². The molecule has 1 aromatic carbocycles. The van der Waals surface area contributed by atoms with E-state index in [2.05, 4.69) is 23.0 Å². The summed E-state index contributed by atoms with van der Waals surface area (Å²) in [6, 6.07) is 7.39. The summed E-state index contributed by atoms with van der Waals surface area (Å²) >= 11 is 20.0. The molecule has 0 fully saturated rings. The summed E-state index contributed by atoms with van der Waals surface area (Å²) in [5.41, 5.74) is 8.17. The highest BCUT2D eigenvalue weighted by molar-refractivity contribution is 7.11. The van der Waals surface area contributed by atoms with Crippen molar-refractivity contribution in [3.8, 4) is 0 Å². The fourth-order valence-corrected chi connectivity index (χ4v) is 3.75. The van der Waals surface area contributed by atoms with Crippen LogP contribution in [0.5, 0.6) is 0 Å². The van der Waals surface area contributed by atoms with Crippen LogP contribution < -0.4 is 10.9 Å². The number of hydrogen-bond donors (Lipinski definition) is 2. The number of benzene rings is 1. The van der Waals surface area contributed by atoms with Gasteiger partial charge in [0, 0.05) is 20.6 Å². The normalized spacial score (nSPS) is 18.3. The fraction of sp³-hybridized carbons (Fsp3) is 0.0769. The zero-order valence-electron chi connectivity index (χ0n) is 9.58. The fourth-order valence-electron chi connectivity index (χ4n) is 1.99. The van der Waals surface area contributed by atoms with E-state index in [-0.39, 0.29) is 6.04 Å². The van der Waals surface area contributed by atoms with Crippen molar-refractivity contribution in [3.63, 3.8) is 0 Å². The van der Waals surface area contributed by atoms with Crippen LogP contribution in [0.2, 0.25) is 15.1 Å². The van der Waals surface area contributed by atoms with Gasteiger partial charge in [0.2, 0.25) is 0 Å². The minimum absolute atomic E-state index is 0.0747. The molecule has 19 heavy (non-hydrogen) atoms. The molecule has 3 rings (SSSR count). The zero-order chi connectivity index (χ0) is 13.4. The molecule has 2 heterocycles. The summed E-state index contributed by atoms with van der Waals surface area (Å²) in [7, 11) is 0. The lowest BCUT2D eigenvalue weighted by atomic mass is 10.1. The Bertz CT molecular complexity index is 614. The maximum absolute atomic E-state index is 6.22. The van der Waals surface area contributed by atoms with Gasteiger partial charge in [-0.2, -0.15) is 0 Å². The molecule has 1 aliphatic heterocycles. The van der Waals surface area contributed by atoms with Crippen LogP contribution in [0.15, 0.2) is 35.7 Å². The molecule has 98 valence electrons. The minimum Gasteiger partial charge on any atom is -0.319 e. The quantitative estimate of drug-likeness (QED) is 0.818. The minimum atomic E-state index is -0.0747. The third-order valence-electron chi connectivity index (χ3n) is 2.84. The Kier molecular flexibility index (Phi) is 3.74. The number of hydrazine groups is 1. The predicted molar refractivity (Wildman–Crippen MR) is 82.8 cm³/mol. The summed E-state index contributed by atoms with van der Waals surface area (Å²) < 4.78 is 0. The lowest BCUT2D eigenvalue weighted by molar-refractivity contribution is 0.616. The average molecular weight is 332 g/mol. The van der Waals surface area contributed by atoms with Crippen LogP contribution >= 0.6 is 46.1 Å². The van der Waals surface area contributed by atoms with Crippen molar-refractivity contribution < 1.29 is 0 Å². The van der Waals surface area contributed by atoms with Gasteiger partial charge >= 0.3 is 0 Å². The molecule has 6 heteroatoms. The molecule has 2 N–H and O–H groups in total. The topological polar surface area (TPSA) is 24.1 Å². The van der Waals surface area contributed by atoms with Crippen LogP contribution in [0.1, 0.15) is 16.5 Å². The van der Waals surface area contributed by atoms with Crippen LogP contribution in [-0.2, 0) is 0 Å². The second-order valence-electron chi connectivity index (χ2n) is 4.09. The van der Waals surface area contributed by atoms with Crippen molar-refractivity contribution in [2.75, 3.05) is 0 Å². The lowest BCUT2D eigenvalue weighted by Crippen LogP contribution is -2.26. The van der Waals surface area contributed by atoms with Gasteiger partial charge in [0.15, 0.2) is 0 Å². The monoisotopic (exact) mass is 330 g/mol. The van der Waals surface area contributed by atoms with Gasteiger partial charge in [-0.25, -0.2) is 5.43 Å². The molecule has 0 saturated heterocycles. The molecule has 0 radical (unpaired) electrons. The summed E-state index contributed by atoms with van der Waals surface area (Å²) in [4.78, 5) is 1.16. The Hall–Kier alpha value is -0.710. The third kappa shape index (κ3) is 2.62. The standard InChI is InChI=1S/C13H9Cl3N2S/c14-7-4-8(15)13(9(16)5-7)11-6-10(17-18-11)12-2-1-3-19-12/h1-6,11,17-18H. The van der Waals surface area contributed by atoms with Crippen LogP contribution in [0, 0.1) is 0 Å². The molecule has 0 spiro atoms. The first kappa shape index (κ1) is 13.3. The van der Waals surface area contributed by atoms with Crippen molar-refractivity contribution in [2.45, 2.75) is 6.04 Å². The first-order chi connectivity index (χ1) is 9.15. The Labute approximate surface area is 130 Å². The maximum Gasteiger partial charge on any atom is 0.0743 e. The van der Waals surface area contributed by atoms with E-state index >= 15 is 0 Å². The molecular weight excluding hydrogens is 323 g/mol. The molecule has 0 amide bonds. The van der Waals surface area contributed by atoms with Crippen molar-refractivity contribution in [3.05, 3.63) is 61.2 Å². The van der Waals surface area contributed by atoms with Gasteiger partial charge in [-0.3, -0.25) is 0 Å². The predicted octanol–water partition coefficient (Wildman–Crippen LogP) is 4.90. The largest absolute Gasteiger partial charge is 0.319 e. The van der Waals surface area contributed by atoms with Crippen LogP contribution in [0.3, 0.4) is 0 Å². The van der Waals surface area contributed by atoms with E-state index in [4.69, 9.17) is 34.8 Å². The van der Waals surface area contributed by atoms with Crippen LogP contribution in [0.25, 0.3) is 5.70 Å². The van der Waals surface area contributed by atoms with Crippen LogP contribution in [0.4, 0.5) is 0 Å². The third-order valence-corrected chi connectivity index (χ3v) is 4.58. The molecule has 2 aromatic rings.